The average Bonchev–Trinajstić information content (AvgIpc) is 2.52. The molecule has 0 amide bonds. The molecule has 0 aliphatic carbocycles. The highest BCUT2D eigenvalue weighted by molar-refractivity contribution is 5.48. The highest BCUT2D eigenvalue weighted by Crippen LogP contribution is 2.31. The lowest BCUT2D eigenvalue weighted by Crippen LogP contribution is -2.37. The van der Waals surface area contributed by atoms with Crippen LogP contribution in [-0.2, 0) is 4.74 Å². The third-order valence-electron chi connectivity index (χ3n) is 3.34. The summed E-state index contributed by atoms with van der Waals surface area (Å²) in [5, 5.41) is 10.8. The third kappa shape index (κ3) is 4.57. The summed E-state index contributed by atoms with van der Waals surface area (Å²) in [6.07, 6.45) is 0.853. The summed E-state index contributed by atoms with van der Waals surface area (Å²) >= 11 is 0. The van der Waals surface area contributed by atoms with Gasteiger partial charge in [0.25, 0.3) is 5.69 Å². The largest absolute Gasteiger partial charge is 0.493 e. The molecular formula is C14H20N2O5. The Bertz CT molecular complexity index is 474. The van der Waals surface area contributed by atoms with Crippen molar-refractivity contribution >= 4 is 5.69 Å². The summed E-state index contributed by atoms with van der Waals surface area (Å²) in [4.78, 5) is 12.7. The SMILES string of the molecule is COc1ccc([N+](=O)[O-])cc1OCCCN1CCOCC1. The quantitative estimate of drug-likeness (QED) is 0.433. The Balaban J connectivity index is 1.83. The zero-order valence-electron chi connectivity index (χ0n) is 12.1. The van der Waals surface area contributed by atoms with E-state index in [1.807, 2.05) is 0 Å². The summed E-state index contributed by atoms with van der Waals surface area (Å²) in [5.74, 6) is 0.917. The minimum absolute atomic E-state index is 0.000945. The van der Waals surface area contributed by atoms with Crippen LogP contribution in [0.25, 0.3) is 0 Å². The Morgan fingerprint density at radius 3 is 2.76 bits per heavy atom. The van der Waals surface area contributed by atoms with Crippen molar-refractivity contribution < 1.29 is 19.1 Å². The maximum atomic E-state index is 10.8. The molecule has 1 aromatic rings. The van der Waals surface area contributed by atoms with E-state index in [-0.39, 0.29) is 5.69 Å². The molecule has 1 saturated heterocycles. The number of methoxy groups -OCH3 is 1. The predicted octanol–water partition coefficient (Wildman–Crippen LogP) is 1.70. The van der Waals surface area contributed by atoms with Crippen molar-refractivity contribution in [1.82, 2.24) is 4.90 Å². The fourth-order valence-electron chi connectivity index (χ4n) is 2.19. The van der Waals surface area contributed by atoms with Crippen molar-refractivity contribution in [2.45, 2.75) is 6.42 Å². The molecule has 0 unspecified atom stereocenters. The van der Waals surface area contributed by atoms with Crippen LogP contribution < -0.4 is 9.47 Å². The van der Waals surface area contributed by atoms with Gasteiger partial charge in [-0.3, -0.25) is 15.0 Å². The first-order valence-electron chi connectivity index (χ1n) is 6.96. The number of nitro benzene ring substituents is 1. The summed E-state index contributed by atoms with van der Waals surface area (Å²) in [6.45, 7) is 4.87. The molecule has 1 heterocycles. The van der Waals surface area contributed by atoms with Gasteiger partial charge in [0.15, 0.2) is 11.5 Å². The number of hydrogen-bond donors (Lipinski definition) is 0. The molecule has 0 aromatic heterocycles. The van der Waals surface area contributed by atoms with Gasteiger partial charge in [-0.15, -0.1) is 0 Å². The van der Waals surface area contributed by atoms with Gasteiger partial charge in [-0.25, -0.2) is 0 Å². The molecule has 0 spiro atoms. The lowest BCUT2D eigenvalue weighted by Gasteiger charge is -2.26. The van der Waals surface area contributed by atoms with E-state index < -0.39 is 4.92 Å². The zero-order valence-corrected chi connectivity index (χ0v) is 12.1. The number of hydrogen-bond acceptors (Lipinski definition) is 6. The standard InChI is InChI=1S/C14H20N2O5/c1-19-13-4-3-12(16(17)18)11-14(13)21-8-2-5-15-6-9-20-10-7-15/h3-4,11H,2,5-10H2,1H3. The first-order chi connectivity index (χ1) is 10.2. The van der Waals surface area contributed by atoms with Gasteiger partial charge in [0.05, 0.1) is 37.9 Å². The summed E-state index contributed by atoms with van der Waals surface area (Å²) in [7, 11) is 1.52. The summed E-state index contributed by atoms with van der Waals surface area (Å²) < 4.78 is 16.1. The van der Waals surface area contributed by atoms with Gasteiger partial charge >= 0.3 is 0 Å². The molecule has 0 N–H and O–H groups in total. The fourth-order valence-corrected chi connectivity index (χ4v) is 2.19. The highest BCUT2D eigenvalue weighted by atomic mass is 16.6. The maximum absolute atomic E-state index is 10.8. The second-order valence-electron chi connectivity index (χ2n) is 4.75. The molecule has 0 saturated carbocycles. The van der Waals surface area contributed by atoms with Crippen LogP contribution in [0.3, 0.4) is 0 Å². The normalized spacial score (nSPS) is 15.7. The summed E-state index contributed by atoms with van der Waals surface area (Å²) in [5.41, 5.74) is -0.000945. The number of nitro groups is 1. The van der Waals surface area contributed by atoms with Gasteiger partial charge in [-0.2, -0.15) is 0 Å². The van der Waals surface area contributed by atoms with E-state index in [9.17, 15) is 10.1 Å². The van der Waals surface area contributed by atoms with E-state index in [0.717, 1.165) is 39.3 Å². The van der Waals surface area contributed by atoms with Crippen LogP contribution in [-0.4, -0.2) is 56.4 Å². The van der Waals surface area contributed by atoms with Crippen molar-refractivity contribution in [1.29, 1.82) is 0 Å². The van der Waals surface area contributed by atoms with Crippen LogP contribution in [0.5, 0.6) is 11.5 Å². The molecule has 0 radical (unpaired) electrons. The number of non-ortho nitro benzene ring substituents is 1. The molecule has 2 rings (SSSR count). The van der Waals surface area contributed by atoms with Gasteiger partial charge in [0, 0.05) is 25.7 Å². The molecule has 1 fully saturated rings. The van der Waals surface area contributed by atoms with Gasteiger partial charge < -0.3 is 14.2 Å². The van der Waals surface area contributed by atoms with Gasteiger partial charge in [-0.05, 0) is 12.5 Å². The number of morpholine rings is 1. The number of rotatable bonds is 7. The first kappa shape index (κ1) is 15.5. The van der Waals surface area contributed by atoms with E-state index in [0.29, 0.717) is 18.1 Å². The van der Waals surface area contributed by atoms with E-state index in [2.05, 4.69) is 4.90 Å². The molecule has 1 aromatic carbocycles. The van der Waals surface area contributed by atoms with Crippen molar-refractivity contribution in [2.75, 3.05) is 46.6 Å². The van der Waals surface area contributed by atoms with E-state index in [1.54, 1.807) is 6.07 Å². The summed E-state index contributed by atoms with van der Waals surface area (Å²) in [6, 6.07) is 4.35. The zero-order chi connectivity index (χ0) is 15.1. The topological polar surface area (TPSA) is 74.1 Å². The molecule has 0 bridgehead atoms. The molecule has 21 heavy (non-hydrogen) atoms. The van der Waals surface area contributed by atoms with Crippen molar-refractivity contribution in [2.24, 2.45) is 0 Å². The maximum Gasteiger partial charge on any atom is 0.273 e. The lowest BCUT2D eigenvalue weighted by atomic mass is 10.3. The van der Waals surface area contributed by atoms with Crippen LogP contribution in [0.2, 0.25) is 0 Å². The van der Waals surface area contributed by atoms with Gasteiger partial charge in [-0.1, -0.05) is 0 Å². The van der Waals surface area contributed by atoms with Crippen LogP contribution >= 0.6 is 0 Å². The Morgan fingerprint density at radius 2 is 2.10 bits per heavy atom. The molecule has 1 aliphatic heterocycles. The van der Waals surface area contributed by atoms with Crippen LogP contribution in [0.15, 0.2) is 18.2 Å². The number of benzene rings is 1. The second-order valence-corrected chi connectivity index (χ2v) is 4.75. The fraction of sp³-hybridized carbons (Fsp3) is 0.571. The second kappa shape index (κ2) is 7.80. The van der Waals surface area contributed by atoms with Crippen LogP contribution in [0, 0.1) is 10.1 Å². The van der Waals surface area contributed by atoms with Crippen molar-refractivity contribution in [3.63, 3.8) is 0 Å². The molecular weight excluding hydrogens is 276 g/mol. The van der Waals surface area contributed by atoms with E-state index in [1.165, 1.54) is 19.2 Å². The molecule has 7 nitrogen and oxygen atoms in total. The number of nitrogens with zero attached hydrogens (tertiary/aromatic N) is 2. The molecule has 116 valence electrons. The number of ether oxygens (including phenoxy) is 3. The third-order valence-corrected chi connectivity index (χ3v) is 3.34. The molecule has 0 atom stereocenters. The first-order valence-corrected chi connectivity index (χ1v) is 6.96. The minimum atomic E-state index is -0.444. The van der Waals surface area contributed by atoms with Gasteiger partial charge in [0.2, 0.25) is 0 Å². The van der Waals surface area contributed by atoms with Crippen molar-refractivity contribution in [3.8, 4) is 11.5 Å². The van der Waals surface area contributed by atoms with Crippen LogP contribution in [0.1, 0.15) is 6.42 Å². The smallest absolute Gasteiger partial charge is 0.273 e. The molecule has 1 aliphatic rings. The predicted molar refractivity (Wildman–Crippen MR) is 77.0 cm³/mol. The van der Waals surface area contributed by atoms with Crippen LogP contribution in [0.4, 0.5) is 5.69 Å². The Kier molecular flexibility index (Phi) is 5.77. The Hall–Kier alpha value is -1.86. The van der Waals surface area contributed by atoms with E-state index in [4.69, 9.17) is 14.2 Å². The van der Waals surface area contributed by atoms with Crippen molar-refractivity contribution in [3.05, 3.63) is 28.3 Å². The van der Waals surface area contributed by atoms with E-state index >= 15 is 0 Å². The monoisotopic (exact) mass is 296 g/mol. The molecule has 7 heteroatoms. The minimum Gasteiger partial charge on any atom is -0.493 e. The highest BCUT2D eigenvalue weighted by Gasteiger charge is 2.13. The Morgan fingerprint density at radius 1 is 1.33 bits per heavy atom. The van der Waals surface area contributed by atoms with Gasteiger partial charge in [0.1, 0.15) is 0 Å². The average molecular weight is 296 g/mol. The Labute approximate surface area is 123 Å². The lowest BCUT2D eigenvalue weighted by molar-refractivity contribution is -0.385.